The van der Waals surface area contributed by atoms with Gasteiger partial charge in [0.15, 0.2) is 5.82 Å². The quantitative estimate of drug-likeness (QED) is 0.628. The molecule has 0 saturated carbocycles. The van der Waals surface area contributed by atoms with Crippen molar-refractivity contribution in [2.75, 3.05) is 0 Å². The molecule has 4 nitrogen and oxygen atoms in total. The Morgan fingerprint density at radius 2 is 1.75 bits per heavy atom. The van der Waals surface area contributed by atoms with Crippen LogP contribution in [0.25, 0.3) is 22.4 Å². The number of hydrogen-bond donors (Lipinski definition) is 1. The minimum absolute atomic E-state index is 0.531. The molecule has 0 saturated heterocycles. The van der Waals surface area contributed by atoms with Gasteiger partial charge in [-0.25, -0.2) is 4.98 Å². The molecule has 0 atom stereocenters. The summed E-state index contributed by atoms with van der Waals surface area (Å²) < 4.78 is 1.10. The lowest BCUT2D eigenvalue weighted by Gasteiger charge is -1.99. The third-order valence-electron chi connectivity index (χ3n) is 2.48. The third-order valence-corrected chi connectivity index (χ3v) is 2.48. The molecule has 1 aromatic carbocycles. The Labute approximate surface area is 91.8 Å². The van der Waals surface area contributed by atoms with Gasteiger partial charge in [0, 0.05) is 18.0 Å². The molecule has 78 valence electrons. The van der Waals surface area contributed by atoms with Crippen LogP contribution in [0.1, 0.15) is 0 Å². The molecule has 0 aliphatic heterocycles. The van der Waals surface area contributed by atoms with Gasteiger partial charge in [-0.1, -0.05) is 12.1 Å². The Morgan fingerprint density at radius 1 is 1.00 bits per heavy atom. The van der Waals surface area contributed by atoms with Crippen molar-refractivity contribution in [1.29, 1.82) is 0 Å². The van der Waals surface area contributed by atoms with Crippen LogP contribution in [0.15, 0.2) is 48.8 Å². The Bertz CT molecular complexity index is 631. The van der Waals surface area contributed by atoms with Crippen molar-refractivity contribution in [3.8, 4) is 11.4 Å². The van der Waals surface area contributed by atoms with Crippen molar-refractivity contribution < 1.29 is 5.21 Å². The molecular weight excluding hydrogens is 202 g/mol. The number of nitrogens with zero attached hydrogens (tertiary/aromatic N) is 3. The Kier molecular flexibility index (Phi) is 1.86. The van der Waals surface area contributed by atoms with Crippen molar-refractivity contribution in [3.63, 3.8) is 0 Å². The number of rotatable bonds is 1. The number of hydrogen-bond acceptors (Lipinski definition) is 3. The summed E-state index contributed by atoms with van der Waals surface area (Å²) in [6, 6.07) is 11.1. The Morgan fingerprint density at radius 3 is 2.50 bits per heavy atom. The van der Waals surface area contributed by atoms with Crippen molar-refractivity contribution in [2.45, 2.75) is 0 Å². The second-order valence-corrected chi connectivity index (χ2v) is 3.47. The molecule has 0 amide bonds. The van der Waals surface area contributed by atoms with Gasteiger partial charge < -0.3 is 5.21 Å². The zero-order chi connectivity index (χ0) is 11.0. The first-order valence-electron chi connectivity index (χ1n) is 4.93. The normalized spacial score (nSPS) is 10.8. The fraction of sp³-hybridized carbons (Fsp3) is 0. The van der Waals surface area contributed by atoms with Crippen LogP contribution in [0.3, 0.4) is 0 Å². The molecule has 0 aliphatic rings. The van der Waals surface area contributed by atoms with Gasteiger partial charge >= 0.3 is 0 Å². The first-order chi connectivity index (χ1) is 7.86. The lowest BCUT2D eigenvalue weighted by molar-refractivity contribution is 0.203. The molecule has 4 heteroatoms. The Hall–Kier alpha value is -2.36. The number of para-hydroxylation sites is 2. The summed E-state index contributed by atoms with van der Waals surface area (Å²) in [7, 11) is 0. The molecule has 16 heavy (non-hydrogen) atoms. The molecule has 0 radical (unpaired) electrons. The standard InChI is InChI=1S/C12H9N3O/c16-15-11-4-2-1-3-10(11)14-12(15)9-5-7-13-8-6-9/h1-8,16H. The van der Waals surface area contributed by atoms with Crippen LogP contribution in [-0.4, -0.2) is 19.9 Å². The number of benzene rings is 1. The molecule has 3 rings (SSSR count). The van der Waals surface area contributed by atoms with E-state index < -0.39 is 0 Å². The summed E-state index contributed by atoms with van der Waals surface area (Å²) in [4.78, 5) is 8.30. The van der Waals surface area contributed by atoms with E-state index in [1.807, 2.05) is 36.4 Å². The van der Waals surface area contributed by atoms with Crippen LogP contribution in [0.5, 0.6) is 0 Å². The van der Waals surface area contributed by atoms with Crippen LogP contribution in [0, 0.1) is 0 Å². The van der Waals surface area contributed by atoms with E-state index in [2.05, 4.69) is 9.97 Å². The summed E-state index contributed by atoms with van der Waals surface area (Å²) in [5, 5.41) is 9.98. The highest BCUT2D eigenvalue weighted by molar-refractivity contribution is 5.79. The van der Waals surface area contributed by atoms with Crippen LogP contribution in [-0.2, 0) is 0 Å². The van der Waals surface area contributed by atoms with E-state index in [-0.39, 0.29) is 0 Å². The van der Waals surface area contributed by atoms with Crippen molar-refractivity contribution >= 4 is 11.0 Å². The number of aromatic nitrogens is 3. The van der Waals surface area contributed by atoms with Gasteiger partial charge in [0.2, 0.25) is 0 Å². The van der Waals surface area contributed by atoms with Gasteiger partial charge in [-0.3, -0.25) is 4.98 Å². The van der Waals surface area contributed by atoms with Crippen molar-refractivity contribution in [2.24, 2.45) is 0 Å². The zero-order valence-electron chi connectivity index (χ0n) is 8.41. The molecule has 2 aromatic heterocycles. The van der Waals surface area contributed by atoms with E-state index in [1.54, 1.807) is 12.4 Å². The van der Waals surface area contributed by atoms with Crippen molar-refractivity contribution in [3.05, 3.63) is 48.8 Å². The number of pyridine rings is 1. The van der Waals surface area contributed by atoms with E-state index in [4.69, 9.17) is 0 Å². The second-order valence-electron chi connectivity index (χ2n) is 3.47. The van der Waals surface area contributed by atoms with E-state index in [9.17, 15) is 5.21 Å². The monoisotopic (exact) mass is 211 g/mol. The van der Waals surface area contributed by atoms with E-state index in [0.29, 0.717) is 11.3 Å². The summed E-state index contributed by atoms with van der Waals surface area (Å²) in [6.07, 6.45) is 3.35. The zero-order valence-corrected chi connectivity index (χ0v) is 8.41. The lowest BCUT2D eigenvalue weighted by Crippen LogP contribution is -1.93. The SMILES string of the molecule is On1c(-c2ccncc2)nc2ccccc21. The Balaban J connectivity index is 2.29. The predicted octanol–water partition coefficient (Wildman–Crippen LogP) is 2.34. The van der Waals surface area contributed by atoms with Crippen LogP contribution < -0.4 is 0 Å². The lowest BCUT2D eigenvalue weighted by atomic mass is 10.2. The summed E-state index contributed by atoms with van der Waals surface area (Å²) in [6.45, 7) is 0. The van der Waals surface area contributed by atoms with Gasteiger partial charge in [0.1, 0.15) is 5.52 Å². The number of fused-ring (bicyclic) bond motifs is 1. The molecule has 3 aromatic rings. The first-order valence-corrected chi connectivity index (χ1v) is 4.93. The topological polar surface area (TPSA) is 50.9 Å². The number of imidazole rings is 1. The highest BCUT2D eigenvalue weighted by Gasteiger charge is 2.10. The maximum atomic E-state index is 9.98. The molecule has 0 unspecified atom stereocenters. The minimum atomic E-state index is 0.531. The molecule has 2 heterocycles. The third kappa shape index (κ3) is 1.24. The summed E-state index contributed by atoms with van der Waals surface area (Å²) in [5.41, 5.74) is 2.32. The van der Waals surface area contributed by atoms with Crippen LogP contribution in [0.2, 0.25) is 0 Å². The van der Waals surface area contributed by atoms with Crippen LogP contribution >= 0.6 is 0 Å². The van der Waals surface area contributed by atoms with Gasteiger partial charge in [-0.2, -0.15) is 4.73 Å². The fourth-order valence-electron chi connectivity index (χ4n) is 1.70. The van der Waals surface area contributed by atoms with Crippen molar-refractivity contribution in [1.82, 2.24) is 14.7 Å². The van der Waals surface area contributed by atoms with Crippen LogP contribution in [0.4, 0.5) is 0 Å². The largest absolute Gasteiger partial charge is 0.426 e. The maximum Gasteiger partial charge on any atom is 0.176 e. The van der Waals surface area contributed by atoms with Gasteiger partial charge in [-0.15, -0.1) is 0 Å². The highest BCUT2D eigenvalue weighted by atomic mass is 16.5. The molecule has 0 aliphatic carbocycles. The van der Waals surface area contributed by atoms with E-state index in [1.165, 1.54) is 0 Å². The minimum Gasteiger partial charge on any atom is -0.426 e. The molecular formula is C12H9N3O. The molecule has 0 spiro atoms. The van der Waals surface area contributed by atoms with Gasteiger partial charge in [0.05, 0.1) is 5.52 Å². The highest BCUT2D eigenvalue weighted by Crippen LogP contribution is 2.22. The molecule has 0 bridgehead atoms. The fourth-order valence-corrected chi connectivity index (χ4v) is 1.70. The van der Waals surface area contributed by atoms with E-state index >= 15 is 0 Å². The maximum absolute atomic E-state index is 9.98. The average Bonchev–Trinajstić information content (AvgIpc) is 2.69. The smallest absolute Gasteiger partial charge is 0.176 e. The van der Waals surface area contributed by atoms with E-state index in [0.717, 1.165) is 15.8 Å². The average molecular weight is 211 g/mol. The summed E-state index contributed by atoms with van der Waals surface area (Å²) >= 11 is 0. The molecule has 0 fully saturated rings. The van der Waals surface area contributed by atoms with Gasteiger partial charge in [0.25, 0.3) is 0 Å². The van der Waals surface area contributed by atoms with Gasteiger partial charge in [-0.05, 0) is 24.3 Å². The summed E-state index contributed by atoms with van der Waals surface area (Å²) in [5.74, 6) is 0.531. The first kappa shape index (κ1) is 8.91. The predicted molar refractivity (Wildman–Crippen MR) is 60.1 cm³/mol. The molecule has 1 N–H and O–H groups in total. The second kappa shape index (κ2) is 3.34.